The second-order valence-corrected chi connectivity index (χ2v) is 8.55. The molecule has 0 bridgehead atoms. The molecule has 2 N–H and O–H groups in total. The van der Waals surface area contributed by atoms with Crippen LogP contribution in [0.15, 0.2) is 45.9 Å². The molecule has 0 aliphatic carbocycles. The molecular weight excluding hydrogens is 352 g/mol. The zero-order valence-electron chi connectivity index (χ0n) is 15.6. The number of amides is 1. The summed E-state index contributed by atoms with van der Waals surface area (Å²) in [4.78, 5) is 12.8. The monoisotopic (exact) mass is 378 g/mol. The van der Waals surface area contributed by atoms with E-state index in [0.717, 1.165) is 5.56 Å². The Morgan fingerprint density at radius 2 is 1.92 bits per heavy atom. The van der Waals surface area contributed by atoms with Gasteiger partial charge in [-0.1, -0.05) is 26.0 Å². The van der Waals surface area contributed by atoms with Crippen LogP contribution in [0.1, 0.15) is 37.2 Å². The molecule has 0 saturated carbocycles. The van der Waals surface area contributed by atoms with Gasteiger partial charge < -0.3 is 9.73 Å². The Bertz CT molecular complexity index is 842. The molecule has 142 valence electrons. The third kappa shape index (κ3) is 5.44. The summed E-state index contributed by atoms with van der Waals surface area (Å²) >= 11 is 0. The van der Waals surface area contributed by atoms with Gasteiger partial charge in [0.1, 0.15) is 11.8 Å². The van der Waals surface area contributed by atoms with Gasteiger partial charge in [0.05, 0.1) is 17.7 Å². The van der Waals surface area contributed by atoms with Crippen molar-refractivity contribution in [3.8, 4) is 0 Å². The van der Waals surface area contributed by atoms with Gasteiger partial charge in [0.2, 0.25) is 15.9 Å². The van der Waals surface area contributed by atoms with Gasteiger partial charge in [0, 0.05) is 0 Å². The fourth-order valence-electron chi connectivity index (χ4n) is 2.64. The smallest absolute Gasteiger partial charge is 0.241 e. The molecule has 26 heavy (non-hydrogen) atoms. The molecule has 0 saturated heterocycles. The first-order valence-electron chi connectivity index (χ1n) is 8.58. The average Bonchev–Trinajstić information content (AvgIpc) is 3.07. The number of carbonyl (C=O) groups excluding carboxylic acids is 1. The molecule has 7 heteroatoms. The first kappa shape index (κ1) is 20.2. The summed E-state index contributed by atoms with van der Waals surface area (Å²) in [6.07, 6.45) is 1.92. The first-order chi connectivity index (χ1) is 12.2. The number of nitrogens with one attached hydrogen (secondary N) is 2. The number of sulfonamides is 1. The van der Waals surface area contributed by atoms with Crippen molar-refractivity contribution < 1.29 is 17.6 Å². The van der Waals surface area contributed by atoms with Crippen molar-refractivity contribution in [2.75, 3.05) is 0 Å². The Labute approximate surface area is 155 Å². The third-order valence-electron chi connectivity index (χ3n) is 3.97. The predicted molar refractivity (Wildman–Crippen MR) is 100 cm³/mol. The normalized spacial score (nSPS) is 13.0. The number of aryl methyl sites for hydroxylation is 2. The largest absolute Gasteiger partial charge is 0.467 e. The first-order valence-corrected chi connectivity index (χ1v) is 10.1. The summed E-state index contributed by atoms with van der Waals surface area (Å²) in [6.45, 7) is 7.67. The van der Waals surface area contributed by atoms with E-state index in [2.05, 4.69) is 10.0 Å². The standard InChI is InChI=1S/C19H26N2O4S/c1-13(2)10-17(19(22)20-12-16-6-5-9-25-16)21-26(23,24)18-11-14(3)7-8-15(18)4/h5-9,11,13,17,21H,10,12H2,1-4H3,(H,20,22)/t17-/m0/s1. The van der Waals surface area contributed by atoms with Gasteiger partial charge in [0.25, 0.3) is 0 Å². The highest BCUT2D eigenvalue weighted by Gasteiger charge is 2.27. The zero-order valence-corrected chi connectivity index (χ0v) is 16.4. The molecule has 1 atom stereocenters. The molecule has 0 aliphatic rings. The van der Waals surface area contributed by atoms with Crippen LogP contribution in [0.3, 0.4) is 0 Å². The van der Waals surface area contributed by atoms with Crippen LogP contribution in [-0.2, 0) is 21.4 Å². The molecular formula is C19H26N2O4S. The van der Waals surface area contributed by atoms with E-state index in [1.807, 2.05) is 26.8 Å². The summed E-state index contributed by atoms with van der Waals surface area (Å²) in [5.74, 6) is 0.388. The Hall–Kier alpha value is -2.12. The minimum Gasteiger partial charge on any atom is -0.467 e. The van der Waals surface area contributed by atoms with Crippen LogP contribution in [-0.4, -0.2) is 20.4 Å². The lowest BCUT2D eigenvalue weighted by atomic mass is 10.0. The molecule has 1 aromatic heterocycles. The van der Waals surface area contributed by atoms with Crippen LogP contribution in [0.5, 0.6) is 0 Å². The van der Waals surface area contributed by atoms with Crippen LogP contribution in [0.4, 0.5) is 0 Å². The molecule has 0 spiro atoms. The molecule has 2 aromatic rings. The van der Waals surface area contributed by atoms with Gasteiger partial charge in [-0.15, -0.1) is 0 Å². The second-order valence-electron chi connectivity index (χ2n) is 6.87. The van der Waals surface area contributed by atoms with Crippen molar-refractivity contribution in [1.29, 1.82) is 0 Å². The van der Waals surface area contributed by atoms with Gasteiger partial charge >= 0.3 is 0 Å². The maximum Gasteiger partial charge on any atom is 0.241 e. The topological polar surface area (TPSA) is 88.4 Å². The lowest BCUT2D eigenvalue weighted by molar-refractivity contribution is -0.123. The Morgan fingerprint density at radius 1 is 1.19 bits per heavy atom. The second kappa shape index (κ2) is 8.51. The predicted octanol–water partition coefficient (Wildman–Crippen LogP) is 2.91. The number of benzene rings is 1. The summed E-state index contributed by atoms with van der Waals surface area (Å²) in [7, 11) is -3.81. The van der Waals surface area contributed by atoms with Gasteiger partial charge in [0.15, 0.2) is 0 Å². The lowest BCUT2D eigenvalue weighted by Gasteiger charge is -2.20. The summed E-state index contributed by atoms with van der Waals surface area (Å²) in [5, 5.41) is 2.73. The van der Waals surface area contributed by atoms with E-state index in [9.17, 15) is 13.2 Å². The van der Waals surface area contributed by atoms with E-state index in [4.69, 9.17) is 4.42 Å². The number of furan rings is 1. The molecule has 1 amide bonds. The third-order valence-corrected chi connectivity index (χ3v) is 5.58. The highest BCUT2D eigenvalue weighted by atomic mass is 32.2. The quantitative estimate of drug-likeness (QED) is 0.739. The van der Waals surface area contributed by atoms with Gasteiger partial charge in [-0.2, -0.15) is 4.72 Å². The molecule has 6 nitrogen and oxygen atoms in total. The molecule has 0 fully saturated rings. The van der Waals surface area contributed by atoms with Crippen molar-refractivity contribution in [3.05, 3.63) is 53.5 Å². The fraction of sp³-hybridized carbons (Fsp3) is 0.421. The Balaban J connectivity index is 2.17. The molecule has 0 aliphatic heterocycles. The molecule has 1 heterocycles. The van der Waals surface area contributed by atoms with Crippen LogP contribution < -0.4 is 10.0 Å². The number of rotatable bonds is 8. The summed E-state index contributed by atoms with van der Waals surface area (Å²) in [6, 6.07) is 7.86. The molecule has 1 aromatic carbocycles. The van der Waals surface area contributed by atoms with Gasteiger partial charge in [-0.05, 0) is 55.5 Å². The van der Waals surface area contributed by atoms with Crippen LogP contribution in [0, 0.1) is 19.8 Å². The van der Waals surface area contributed by atoms with E-state index in [0.29, 0.717) is 17.7 Å². The van der Waals surface area contributed by atoms with Crippen LogP contribution in [0.25, 0.3) is 0 Å². The molecule has 0 unspecified atom stereocenters. The maximum atomic E-state index is 12.8. The average molecular weight is 378 g/mol. The summed E-state index contributed by atoms with van der Waals surface area (Å²) < 4.78 is 33.4. The van der Waals surface area contributed by atoms with Crippen LogP contribution in [0.2, 0.25) is 0 Å². The highest BCUT2D eigenvalue weighted by Crippen LogP contribution is 2.18. The van der Waals surface area contributed by atoms with Crippen LogP contribution >= 0.6 is 0 Å². The maximum absolute atomic E-state index is 12.8. The minimum atomic E-state index is -3.81. The van der Waals surface area contributed by atoms with Crippen molar-refractivity contribution >= 4 is 15.9 Å². The number of hydrogen-bond donors (Lipinski definition) is 2. The lowest BCUT2D eigenvalue weighted by Crippen LogP contribution is -2.47. The van der Waals surface area contributed by atoms with E-state index in [-0.39, 0.29) is 23.3 Å². The zero-order chi connectivity index (χ0) is 19.3. The number of hydrogen-bond acceptors (Lipinski definition) is 4. The SMILES string of the molecule is Cc1ccc(C)c(S(=O)(=O)N[C@@H](CC(C)C)C(=O)NCc2ccco2)c1. The highest BCUT2D eigenvalue weighted by molar-refractivity contribution is 7.89. The van der Waals surface area contributed by atoms with Crippen molar-refractivity contribution in [2.45, 2.75) is 51.6 Å². The van der Waals surface area contributed by atoms with E-state index < -0.39 is 16.1 Å². The van der Waals surface area contributed by atoms with Gasteiger partial charge in [-0.3, -0.25) is 4.79 Å². The summed E-state index contributed by atoms with van der Waals surface area (Å²) in [5.41, 5.74) is 1.49. The van der Waals surface area contributed by atoms with E-state index >= 15 is 0 Å². The minimum absolute atomic E-state index is 0.149. The Kier molecular flexibility index (Phi) is 6.61. The number of carbonyl (C=O) groups is 1. The van der Waals surface area contributed by atoms with Crippen molar-refractivity contribution in [2.24, 2.45) is 5.92 Å². The van der Waals surface area contributed by atoms with Gasteiger partial charge in [-0.25, -0.2) is 8.42 Å². The van der Waals surface area contributed by atoms with E-state index in [1.165, 1.54) is 6.26 Å². The molecule has 0 radical (unpaired) electrons. The molecule has 2 rings (SSSR count). The fourth-order valence-corrected chi connectivity index (χ4v) is 4.18. The van der Waals surface area contributed by atoms with Crippen molar-refractivity contribution in [3.63, 3.8) is 0 Å². The van der Waals surface area contributed by atoms with Crippen molar-refractivity contribution in [1.82, 2.24) is 10.0 Å². The Morgan fingerprint density at radius 3 is 2.54 bits per heavy atom. The van der Waals surface area contributed by atoms with E-state index in [1.54, 1.807) is 31.2 Å².